The Morgan fingerprint density at radius 2 is 0.222 bits per heavy atom. The van der Waals surface area contributed by atoms with E-state index < -0.39 is 0 Å². The Hall–Kier alpha value is 6.06. The van der Waals surface area contributed by atoms with Crippen LogP contribution in [0, 0.1) is 0 Å². The lowest BCUT2D eigenvalue weighted by atomic mass is 11.0. The van der Waals surface area contributed by atoms with Crippen LogP contribution in [0.5, 0.6) is 0 Å². The van der Waals surface area contributed by atoms with Crippen molar-refractivity contribution in [2.45, 2.75) is 0 Å². The van der Waals surface area contributed by atoms with Crippen LogP contribution < -0.4 is 0 Å². The number of rotatable bonds is 0. The molecule has 24 heteroatoms. The van der Waals surface area contributed by atoms with Gasteiger partial charge in [0.15, 0.2) is 0 Å². The highest BCUT2D eigenvalue weighted by molar-refractivity contribution is 8.48. The first kappa shape index (κ1) is 43.9. The van der Waals surface area contributed by atoms with Gasteiger partial charge in [-0.25, -0.2) is 0 Å². The summed E-state index contributed by atoms with van der Waals surface area (Å²) in [5.74, 6) is 14.4. The molecule has 0 aliphatic carbocycles. The van der Waals surface area contributed by atoms with E-state index in [4.69, 9.17) is 0 Å². The fourth-order valence-corrected chi connectivity index (χ4v) is 41.4. The Balaban J connectivity index is 0.865. The van der Waals surface area contributed by atoms with Gasteiger partial charge in [-0.1, -0.05) is 141 Å². The molecule has 0 aromatic rings. The lowest BCUT2D eigenvalue weighted by Gasteiger charge is -2.08. The van der Waals surface area contributed by atoms with Crippen LogP contribution in [0.2, 0.25) is 0 Å². The van der Waals surface area contributed by atoms with Crippen molar-refractivity contribution in [3.05, 3.63) is 76.3 Å². The molecule has 0 aromatic carbocycles. The normalized spacial score (nSPS) is 28.0. The maximum Gasteiger partial charge on any atom is 0.0717 e. The van der Waals surface area contributed by atoms with Crippen molar-refractivity contribution >= 4 is 282 Å². The van der Waals surface area contributed by atoms with E-state index in [0.29, 0.717) is 0 Å². The first-order valence-electron chi connectivity index (χ1n) is 16.1. The van der Waals surface area contributed by atoms with Gasteiger partial charge in [0, 0.05) is 69.0 Å². The Morgan fingerprint density at radius 3 is 0.315 bits per heavy atom. The summed E-state index contributed by atoms with van der Waals surface area (Å²) in [4.78, 5) is 0. The topological polar surface area (TPSA) is 0 Å². The summed E-state index contributed by atoms with van der Waals surface area (Å²) in [6.45, 7) is 0. The molecule has 0 atom stereocenters. The minimum Gasteiger partial charge on any atom is -0.116 e. The standard InChI is InChI=1S/C30H24S24/c1-2-32-15-16(46-26(45-15)29-51-21-22(52-29)40-10-9-39-21)34-5-6-36-18-17(47-27(48-18)30-53-23-24(54-30)42-12-11-41-23)35-4-3-33-14-13(31-1)43-25(44-14)28-49-19-20(50-28)38-8-7-37-19/h1-12H2. The molecule has 0 nitrogen and oxygen atoms in total. The molecule has 10 rings (SSSR count). The lowest BCUT2D eigenvalue weighted by molar-refractivity contribution is 1.56. The highest BCUT2D eigenvalue weighted by Gasteiger charge is 2.35. The monoisotopic (exact) mass is 1150 g/mol. The van der Waals surface area contributed by atoms with Crippen molar-refractivity contribution in [2.75, 3.05) is 69.0 Å². The quantitative estimate of drug-likeness (QED) is 0.226. The van der Waals surface area contributed by atoms with Gasteiger partial charge in [0.1, 0.15) is 0 Å². The van der Waals surface area contributed by atoms with Crippen LogP contribution in [0.25, 0.3) is 0 Å². The molecule has 0 N–H and O–H groups in total. The maximum atomic E-state index is 2.12. The molecule has 288 valence electrons. The van der Waals surface area contributed by atoms with Gasteiger partial charge in [0.2, 0.25) is 0 Å². The molecular weight excluding hydrogens is 1130 g/mol. The molecule has 0 fully saturated rings. The first-order chi connectivity index (χ1) is 26.7. The highest BCUT2D eigenvalue weighted by Crippen LogP contribution is 2.70. The molecule has 54 heavy (non-hydrogen) atoms. The van der Waals surface area contributed by atoms with Crippen LogP contribution in [0.3, 0.4) is 0 Å². The van der Waals surface area contributed by atoms with Crippen LogP contribution in [0.4, 0.5) is 0 Å². The van der Waals surface area contributed by atoms with Crippen molar-refractivity contribution in [3.8, 4) is 0 Å². The third-order valence-corrected chi connectivity index (χ3v) is 43.3. The van der Waals surface area contributed by atoms with Gasteiger partial charge in [-0.3, -0.25) is 0 Å². The third-order valence-electron chi connectivity index (χ3n) is 7.02. The zero-order chi connectivity index (χ0) is 35.8. The van der Waals surface area contributed by atoms with E-state index in [2.05, 4.69) is 212 Å². The van der Waals surface area contributed by atoms with Crippen molar-refractivity contribution in [1.29, 1.82) is 0 Å². The summed E-state index contributed by atoms with van der Waals surface area (Å²) in [7, 11) is 0. The van der Waals surface area contributed by atoms with Gasteiger partial charge in [0.25, 0.3) is 0 Å². The van der Waals surface area contributed by atoms with E-state index >= 15 is 0 Å². The summed E-state index contributed by atoms with van der Waals surface area (Å²) in [5, 5.41) is 0. The molecule has 10 heterocycles. The van der Waals surface area contributed by atoms with E-state index in [1.807, 2.05) is 70.6 Å². The zero-order valence-corrected chi connectivity index (χ0v) is 46.9. The first-order valence-corrected chi connectivity index (χ1v) is 37.7. The minimum atomic E-state index is 1.16. The van der Waals surface area contributed by atoms with Crippen LogP contribution in [-0.4, -0.2) is 69.0 Å². The molecule has 0 aromatic heterocycles. The van der Waals surface area contributed by atoms with E-state index in [1.165, 1.54) is 59.9 Å². The molecule has 0 unspecified atom stereocenters. The highest BCUT2D eigenvalue weighted by atomic mass is 32.3. The summed E-state index contributed by atoms with van der Waals surface area (Å²) >= 11 is 49.8. The Bertz CT molecular complexity index is 1560. The second kappa shape index (κ2) is 21.6. The molecular formula is C30H24S24. The second-order valence-electron chi connectivity index (χ2n) is 10.6. The predicted molar refractivity (Wildman–Crippen MR) is 304 cm³/mol. The molecule has 10 aliphatic heterocycles. The van der Waals surface area contributed by atoms with Crippen LogP contribution in [0.15, 0.2) is 76.3 Å². The molecule has 0 amide bonds. The van der Waals surface area contributed by atoms with Gasteiger partial charge in [-0.15, -0.1) is 141 Å². The molecule has 0 saturated heterocycles. The van der Waals surface area contributed by atoms with Crippen LogP contribution >= 0.6 is 282 Å². The average molecular weight is 1150 g/mol. The van der Waals surface area contributed by atoms with Gasteiger partial charge in [-0.2, -0.15) is 0 Å². The third kappa shape index (κ3) is 10.8. The Kier molecular flexibility index (Phi) is 17.6. The van der Waals surface area contributed by atoms with Crippen LogP contribution in [-0.2, 0) is 0 Å². The maximum absolute atomic E-state index is 2.12. The summed E-state index contributed by atoms with van der Waals surface area (Å²) in [5.41, 5.74) is 0. The van der Waals surface area contributed by atoms with Gasteiger partial charge < -0.3 is 0 Å². The van der Waals surface area contributed by atoms with Gasteiger partial charge in [0.05, 0.1) is 76.3 Å². The summed E-state index contributed by atoms with van der Waals surface area (Å²) in [6, 6.07) is 0. The summed E-state index contributed by atoms with van der Waals surface area (Å²) in [6.07, 6.45) is 0. The van der Waals surface area contributed by atoms with E-state index in [1.54, 1.807) is 50.8 Å². The Labute approximate surface area is 420 Å². The SMILES string of the molecule is C1CSC2=C(S1)SC(=C1SC3=C(SCCSC4=C(SCCSC5=C(SCCS3)SC(=C3SC6=C(SCCS6)S3)S5)SC(=C3SC5=C(SCCS5)S3)S4)S1)S2. The predicted octanol–water partition coefficient (Wildman–Crippen LogP) is 18.9. The van der Waals surface area contributed by atoms with E-state index in [0.717, 1.165) is 34.5 Å². The van der Waals surface area contributed by atoms with Gasteiger partial charge >= 0.3 is 0 Å². The van der Waals surface area contributed by atoms with Crippen molar-refractivity contribution in [3.63, 3.8) is 0 Å². The second-order valence-corrected chi connectivity index (χ2v) is 40.7. The minimum absolute atomic E-state index is 1.16. The average Bonchev–Trinajstić information content (AvgIpc) is 4.05. The fourth-order valence-electron chi connectivity index (χ4n) is 4.81. The van der Waals surface area contributed by atoms with E-state index in [-0.39, 0.29) is 0 Å². The smallest absolute Gasteiger partial charge is 0.0717 e. The molecule has 0 saturated carbocycles. The van der Waals surface area contributed by atoms with Gasteiger partial charge in [-0.05, 0) is 0 Å². The Morgan fingerprint density at radius 1 is 0.130 bits per heavy atom. The van der Waals surface area contributed by atoms with Crippen molar-refractivity contribution < 1.29 is 0 Å². The largest absolute Gasteiger partial charge is 0.116 e. The molecule has 0 spiro atoms. The molecule has 10 aliphatic rings. The molecule has 0 bridgehead atoms. The number of hydrogen-bond donors (Lipinski definition) is 0. The lowest BCUT2D eigenvalue weighted by Crippen LogP contribution is -1.88. The summed E-state index contributed by atoms with van der Waals surface area (Å²) < 4.78 is 27.8. The van der Waals surface area contributed by atoms with Crippen molar-refractivity contribution in [1.82, 2.24) is 0 Å². The molecule has 0 radical (unpaired) electrons. The van der Waals surface area contributed by atoms with Crippen LogP contribution in [0.1, 0.15) is 0 Å². The fraction of sp³-hybridized carbons (Fsp3) is 0.400. The van der Waals surface area contributed by atoms with Crippen molar-refractivity contribution in [2.24, 2.45) is 0 Å². The van der Waals surface area contributed by atoms with E-state index in [9.17, 15) is 0 Å². The zero-order valence-electron chi connectivity index (χ0n) is 27.3. The number of thioether (sulfide) groups is 24. The number of hydrogen-bond acceptors (Lipinski definition) is 24.